The van der Waals surface area contributed by atoms with Gasteiger partial charge < -0.3 is 9.05 Å². The molecule has 5 heteroatoms. The standard InChI is InChI=1S/C14H22NO3P/c1-11-10-14(11,19(16,17-3)18-4)15-12(2)13-8-6-5-7-9-13/h5-9,11-12,15H,10H2,1-4H3/t11-,12-,14+/m0/s1. The first-order chi connectivity index (χ1) is 8.99. The van der Waals surface area contributed by atoms with Crippen molar-refractivity contribution in [3.63, 3.8) is 0 Å². The summed E-state index contributed by atoms with van der Waals surface area (Å²) in [5.74, 6) is 0.282. The van der Waals surface area contributed by atoms with Crippen molar-refractivity contribution in [2.75, 3.05) is 14.2 Å². The minimum absolute atomic E-state index is 0.102. The third-order valence-electron chi connectivity index (χ3n) is 4.01. The van der Waals surface area contributed by atoms with Gasteiger partial charge >= 0.3 is 7.60 Å². The van der Waals surface area contributed by atoms with Crippen molar-refractivity contribution in [3.8, 4) is 0 Å². The van der Waals surface area contributed by atoms with Gasteiger partial charge in [-0.2, -0.15) is 0 Å². The average molecular weight is 283 g/mol. The Morgan fingerprint density at radius 2 is 1.84 bits per heavy atom. The zero-order valence-electron chi connectivity index (χ0n) is 11.9. The summed E-state index contributed by atoms with van der Waals surface area (Å²) in [6, 6.07) is 10.2. The molecule has 1 aliphatic rings. The molecular formula is C14H22NO3P. The van der Waals surface area contributed by atoms with Gasteiger partial charge in [0.2, 0.25) is 0 Å². The predicted molar refractivity (Wildman–Crippen MR) is 76.1 cm³/mol. The second-order valence-electron chi connectivity index (χ2n) is 5.17. The summed E-state index contributed by atoms with van der Waals surface area (Å²) in [5.41, 5.74) is 1.17. The number of nitrogens with one attached hydrogen (secondary N) is 1. The summed E-state index contributed by atoms with van der Waals surface area (Å²) in [6.45, 7) is 4.13. The predicted octanol–water partition coefficient (Wildman–Crippen LogP) is 3.56. The molecule has 0 heterocycles. The Kier molecular flexibility index (Phi) is 4.17. The van der Waals surface area contributed by atoms with Gasteiger partial charge in [-0.3, -0.25) is 9.88 Å². The quantitative estimate of drug-likeness (QED) is 0.811. The Hall–Kier alpha value is -0.670. The van der Waals surface area contributed by atoms with Crippen LogP contribution in [-0.2, 0) is 13.6 Å². The lowest BCUT2D eigenvalue weighted by Gasteiger charge is -2.29. The van der Waals surface area contributed by atoms with Crippen LogP contribution in [0, 0.1) is 5.92 Å². The van der Waals surface area contributed by atoms with E-state index in [2.05, 4.69) is 31.3 Å². The van der Waals surface area contributed by atoms with E-state index in [9.17, 15) is 4.57 Å². The van der Waals surface area contributed by atoms with Crippen LogP contribution in [0.15, 0.2) is 30.3 Å². The molecule has 1 aliphatic carbocycles. The van der Waals surface area contributed by atoms with Crippen LogP contribution in [0.25, 0.3) is 0 Å². The summed E-state index contributed by atoms with van der Waals surface area (Å²) < 4.78 is 23.1. The average Bonchev–Trinajstić information content (AvgIpc) is 3.10. The van der Waals surface area contributed by atoms with Gasteiger partial charge in [0.1, 0.15) is 5.28 Å². The van der Waals surface area contributed by atoms with Crippen LogP contribution >= 0.6 is 7.60 Å². The lowest BCUT2D eigenvalue weighted by Crippen LogP contribution is -2.36. The normalized spacial score (nSPS) is 28.1. The van der Waals surface area contributed by atoms with E-state index in [1.54, 1.807) is 0 Å². The van der Waals surface area contributed by atoms with Crippen LogP contribution in [-0.4, -0.2) is 19.5 Å². The second-order valence-corrected chi connectivity index (χ2v) is 7.69. The molecule has 0 spiro atoms. The van der Waals surface area contributed by atoms with Gasteiger partial charge in [-0.1, -0.05) is 37.3 Å². The van der Waals surface area contributed by atoms with Crippen molar-refractivity contribution >= 4 is 7.60 Å². The van der Waals surface area contributed by atoms with Crippen molar-refractivity contribution < 1.29 is 13.6 Å². The Labute approximate surface area is 115 Å². The lowest BCUT2D eigenvalue weighted by molar-refractivity contribution is 0.248. The van der Waals surface area contributed by atoms with Gasteiger partial charge in [0, 0.05) is 20.3 Å². The van der Waals surface area contributed by atoms with E-state index in [1.165, 1.54) is 19.8 Å². The fourth-order valence-corrected chi connectivity index (χ4v) is 4.86. The molecule has 1 saturated carbocycles. The Balaban J connectivity index is 2.19. The van der Waals surface area contributed by atoms with Gasteiger partial charge in [-0.25, -0.2) is 0 Å². The molecule has 0 unspecified atom stereocenters. The Morgan fingerprint density at radius 1 is 1.32 bits per heavy atom. The summed E-state index contributed by atoms with van der Waals surface area (Å²) >= 11 is 0. The Bertz CT molecular complexity index is 471. The molecule has 1 N–H and O–H groups in total. The summed E-state index contributed by atoms with van der Waals surface area (Å²) in [6.07, 6.45) is 0.809. The summed E-state index contributed by atoms with van der Waals surface area (Å²) in [7, 11) is -0.214. The smallest absolute Gasteiger partial charge is 0.311 e. The van der Waals surface area contributed by atoms with Crippen molar-refractivity contribution in [1.29, 1.82) is 0 Å². The highest BCUT2D eigenvalue weighted by atomic mass is 31.2. The van der Waals surface area contributed by atoms with E-state index in [4.69, 9.17) is 9.05 Å². The molecule has 0 saturated heterocycles. The fraction of sp³-hybridized carbons (Fsp3) is 0.571. The second kappa shape index (κ2) is 5.37. The van der Waals surface area contributed by atoms with E-state index in [0.29, 0.717) is 0 Å². The highest BCUT2D eigenvalue weighted by Gasteiger charge is 2.65. The van der Waals surface area contributed by atoms with Crippen LogP contribution in [0.3, 0.4) is 0 Å². The molecule has 19 heavy (non-hydrogen) atoms. The molecule has 2 rings (SSSR count). The highest BCUT2D eigenvalue weighted by molar-refractivity contribution is 7.56. The third-order valence-corrected chi connectivity index (χ3v) is 6.70. The molecule has 1 fully saturated rings. The van der Waals surface area contributed by atoms with Gasteiger partial charge in [-0.15, -0.1) is 0 Å². The molecule has 0 bridgehead atoms. The topological polar surface area (TPSA) is 47.6 Å². The molecule has 0 amide bonds. The molecule has 1 aromatic carbocycles. The monoisotopic (exact) mass is 283 g/mol. The maximum absolute atomic E-state index is 12.7. The fourth-order valence-electron chi connectivity index (χ4n) is 2.67. The van der Waals surface area contributed by atoms with E-state index in [0.717, 1.165) is 6.42 Å². The SMILES string of the molecule is COP(=O)(OC)[C@]1(N[C@@H](C)c2ccccc2)C[C@@H]1C. The maximum Gasteiger partial charge on any atom is 0.350 e. The number of hydrogen-bond donors (Lipinski definition) is 1. The first-order valence-corrected chi connectivity index (χ1v) is 8.07. The lowest BCUT2D eigenvalue weighted by atomic mass is 10.1. The van der Waals surface area contributed by atoms with E-state index < -0.39 is 12.9 Å². The van der Waals surface area contributed by atoms with Crippen LogP contribution < -0.4 is 5.32 Å². The largest absolute Gasteiger partial charge is 0.350 e. The zero-order valence-corrected chi connectivity index (χ0v) is 12.8. The van der Waals surface area contributed by atoms with Gasteiger partial charge in [0.15, 0.2) is 0 Å². The van der Waals surface area contributed by atoms with E-state index in [-0.39, 0.29) is 12.0 Å². The van der Waals surface area contributed by atoms with Gasteiger partial charge in [0.05, 0.1) is 0 Å². The van der Waals surface area contributed by atoms with Crippen LogP contribution in [0.5, 0.6) is 0 Å². The van der Waals surface area contributed by atoms with Gasteiger partial charge in [0.25, 0.3) is 0 Å². The molecule has 4 nitrogen and oxygen atoms in total. The third kappa shape index (κ3) is 2.50. The summed E-state index contributed by atoms with van der Waals surface area (Å²) in [4.78, 5) is 0. The van der Waals surface area contributed by atoms with Crippen LogP contribution in [0.1, 0.15) is 31.9 Å². The number of benzene rings is 1. The van der Waals surface area contributed by atoms with Gasteiger partial charge in [-0.05, 0) is 24.8 Å². The van der Waals surface area contributed by atoms with Crippen molar-refractivity contribution in [2.45, 2.75) is 31.6 Å². The molecule has 0 aliphatic heterocycles. The minimum atomic E-state index is -3.11. The van der Waals surface area contributed by atoms with Crippen molar-refractivity contribution in [3.05, 3.63) is 35.9 Å². The highest BCUT2D eigenvalue weighted by Crippen LogP contribution is 2.72. The maximum atomic E-state index is 12.7. The molecule has 106 valence electrons. The van der Waals surface area contributed by atoms with E-state index in [1.807, 2.05) is 18.2 Å². The number of hydrogen-bond acceptors (Lipinski definition) is 4. The van der Waals surface area contributed by atoms with Crippen LogP contribution in [0.2, 0.25) is 0 Å². The first kappa shape index (κ1) is 14.7. The van der Waals surface area contributed by atoms with Crippen LogP contribution in [0.4, 0.5) is 0 Å². The van der Waals surface area contributed by atoms with Crippen molar-refractivity contribution in [2.24, 2.45) is 5.92 Å². The Morgan fingerprint density at radius 3 is 2.26 bits per heavy atom. The summed E-state index contributed by atoms with van der Waals surface area (Å²) in [5, 5.41) is 2.91. The zero-order chi connectivity index (χ0) is 14.1. The molecular weight excluding hydrogens is 261 g/mol. The molecule has 3 atom stereocenters. The first-order valence-electron chi connectivity index (χ1n) is 6.53. The molecule has 1 aromatic rings. The molecule has 0 aromatic heterocycles. The van der Waals surface area contributed by atoms with E-state index >= 15 is 0 Å². The number of rotatable bonds is 6. The minimum Gasteiger partial charge on any atom is -0.311 e. The van der Waals surface area contributed by atoms with Crippen molar-refractivity contribution in [1.82, 2.24) is 5.32 Å². The molecule has 0 radical (unpaired) electrons.